The summed E-state index contributed by atoms with van der Waals surface area (Å²) in [6.07, 6.45) is 5.01. The maximum atomic E-state index is 14.1. The standard InChI is InChI=1S/C17H19FN6O.CH3NO2/c1-2-25-15-8-7-12(9-13(15)18)24-16-14(22-23-24)10-19-17(21-16)20-11-5-3-4-6-11;2-1(3)4/h7-11H,2-6H2,1H3,(H,19,20,21);2H2,(H,3,4). The molecule has 0 atom stereocenters. The summed E-state index contributed by atoms with van der Waals surface area (Å²) in [5, 5.41) is 18.7. The molecule has 0 aliphatic heterocycles. The maximum absolute atomic E-state index is 14.1. The van der Waals surface area contributed by atoms with Gasteiger partial charge in [-0.1, -0.05) is 18.1 Å². The second-order valence-electron chi connectivity index (χ2n) is 6.42. The molecule has 1 saturated carbocycles. The highest BCUT2D eigenvalue weighted by Gasteiger charge is 2.17. The molecule has 4 rings (SSSR count). The molecule has 1 aliphatic rings. The quantitative estimate of drug-likeness (QED) is 0.590. The van der Waals surface area contributed by atoms with Crippen LogP contribution < -0.4 is 15.8 Å². The van der Waals surface area contributed by atoms with E-state index >= 15 is 0 Å². The van der Waals surface area contributed by atoms with E-state index in [1.54, 1.807) is 18.3 Å². The molecule has 29 heavy (non-hydrogen) atoms. The van der Waals surface area contributed by atoms with E-state index in [0.717, 1.165) is 12.8 Å². The largest absolute Gasteiger partial charge is 0.491 e. The number of nitrogens with one attached hydrogen (secondary N) is 1. The highest BCUT2D eigenvalue weighted by atomic mass is 19.1. The number of benzene rings is 1. The zero-order valence-electron chi connectivity index (χ0n) is 15.9. The van der Waals surface area contributed by atoms with E-state index in [9.17, 15) is 4.39 Å². The Morgan fingerprint density at radius 2 is 2.14 bits per heavy atom. The van der Waals surface area contributed by atoms with Gasteiger partial charge in [-0.2, -0.15) is 9.67 Å². The number of nitrogens with two attached hydrogens (primary N) is 1. The van der Waals surface area contributed by atoms with Gasteiger partial charge >= 0.3 is 6.09 Å². The number of primary amides is 1. The Bertz CT molecular complexity index is 985. The smallest absolute Gasteiger partial charge is 0.402 e. The van der Waals surface area contributed by atoms with Gasteiger partial charge in [0, 0.05) is 12.1 Å². The molecule has 0 saturated heterocycles. The highest BCUT2D eigenvalue weighted by molar-refractivity contribution is 5.72. The number of anilines is 1. The van der Waals surface area contributed by atoms with Crippen LogP contribution in [0.2, 0.25) is 0 Å². The molecular weight excluding hydrogens is 381 g/mol. The van der Waals surface area contributed by atoms with Crippen LogP contribution in [0.3, 0.4) is 0 Å². The van der Waals surface area contributed by atoms with Crippen LogP contribution in [-0.4, -0.2) is 48.8 Å². The molecule has 154 valence electrons. The lowest BCUT2D eigenvalue weighted by atomic mass is 10.2. The van der Waals surface area contributed by atoms with Crippen LogP contribution in [0.15, 0.2) is 24.4 Å². The molecule has 1 aromatic carbocycles. The number of fused-ring (bicyclic) bond motifs is 1. The monoisotopic (exact) mass is 403 g/mol. The number of carbonyl (C=O) groups is 1. The molecule has 10 nitrogen and oxygen atoms in total. The third-order valence-corrected chi connectivity index (χ3v) is 4.34. The zero-order chi connectivity index (χ0) is 20.8. The summed E-state index contributed by atoms with van der Waals surface area (Å²) < 4.78 is 20.9. The van der Waals surface area contributed by atoms with Crippen molar-refractivity contribution in [3.63, 3.8) is 0 Å². The Kier molecular flexibility index (Phi) is 6.37. The second kappa shape index (κ2) is 9.13. The van der Waals surface area contributed by atoms with Gasteiger partial charge < -0.3 is 20.9 Å². The number of aromatic nitrogens is 5. The minimum absolute atomic E-state index is 0.217. The summed E-state index contributed by atoms with van der Waals surface area (Å²) in [4.78, 5) is 17.6. The van der Waals surface area contributed by atoms with E-state index in [1.165, 1.54) is 23.6 Å². The first kappa shape index (κ1) is 20.2. The summed E-state index contributed by atoms with van der Waals surface area (Å²) in [6.45, 7) is 2.22. The fraction of sp³-hybridized carbons (Fsp3) is 0.389. The summed E-state index contributed by atoms with van der Waals surface area (Å²) in [6, 6.07) is 5.09. The number of ether oxygens (including phenoxy) is 1. The van der Waals surface area contributed by atoms with E-state index in [1.807, 2.05) is 6.92 Å². The van der Waals surface area contributed by atoms with Gasteiger partial charge in [0.1, 0.15) is 0 Å². The van der Waals surface area contributed by atoms with Crippen LogP contribution >= 0.6 is 0 Å². The summed E-state index contributed by atoms with van der Waals surface area (Å²) in [5.41, 5.74) is 5.67. The number of hydrogen-bond acceptors (Lipinski definition) is 7. The molecule has 2 aromatic heterocycles. The van der Waals surface area contributed by atoms with Crippen molar-refractivity contribution in [2.75, 3.05) is 11.9 Å². The lowest BCUT2D eigenvalue weighted by Crippen LogP contribution is -2.16. The third-order valence-electron chi connectivity index (χ3n) is 4.34. The first-order valence-electron chi connectivity index (χ1n) is 9.24. The summed E-state index contributed by atoms with van der Waals surface area (Å²) in [5.74, 6) is 0.324. The van der Waals surface area contributed by atoms with Gasteiger partial charge in [-0.15, -0.1) is 5.10 Å². The molecule has 1 fully saturated rings. The van der Waals surface area contributed by atoms with E-state index in [4.69, 9.17) is 14.6 Å². The van der Waals surface area contributed by atoms with E-state index in [2.05, 4.69) is 31.3 Å². The van der Waals surface area contributed by atoms with Crippen molar-refractivity contribution in [1.82, 2.24) is 25.0 Å². The SMILES string of the molecule is CCOc1ccc(-n2nnc3cnc(NC4CCCC4)nc32)cc1F.NC(=O)O. The zero-order valence-corrected chi connectivity index (χ0v) is 15.9. The Morgan fingerprint density at radius 1 is 1.41 bits per heavy atom. The molecule has 0 bridgehead atoms. The third kappa shape index (κ3) is 5.06. The molecule has 4 N–H and O–H groups in total. The minimum Gasteiger partial charge on any atom is -0.491 e. The molecule has 3 aromatic rings. The number of amides is 1. The average Bonchev–Trinajstić information content (AvgIpc) is 3.32. The first-order chi connectivity index (χ1) is 14.0. The van der Waals surface area contributed by atoms with E-state index in [0.29, 0.717) is 35.4 Å². The molecule has 1 amide bonds. The molecule has 11 heteroatoms. The van der Waals surface area contributed by atoms with Crippen LogP contribution in [-0.2, 0) is 0 Å². The predicted molar refractivity (Wildman–Crippen MR) is 104 cm³/mol. The van der Waals surface area contributed by atoms with Gasteiger partial charge in [-0.05, 0) is 31.9 Å². The number of halogens is 1. The van der Waals surface area contributed by atoms with E-state index < -0.39 is 11.9 Å². The lowest BCUT2D eigenvalue weighted by molar-refractivity contribution is 0.205. The number of carboxylic acid groups (broad SMARTS) is 1. The predicted octanol–water partition coefficient (Wildman–Crippen LogP) is 2.73. The van der Waals surface area contributed by atoms with Crippen molar-refractivity contribution in [2.24, 2.45) is 5.73 Å². The fourth-order valence-electron chi connectivity index (χ4n) is 3.12. The van der Waals surface area contributed by atoms with Crippen molar-refractivity contribution in [2.45, 2.75) is 38.6 Å². The number of hydrogen-bond donors (Lipinski definition) is 3. The Labute approximate surface area is 165 Å². The Balaban J connectivity index is 0.000000552. The van der Waals surface area contributed by atoms with Gasteiger partial charge in [0.05, 0.1) is 18.5 Å². The highest BCUT2D eigenvalue weighted by Crippen LogP contribution is 2.24. The molecular formula is C18H22FN7O3. The minimum atomic E-state index is -1.33. The Hall–Kier alpha value is -3.50. The summed E-state index contributed by atoms with van der Waals surface area (Å²) >= 11 is 0. The van der Waals surface area contributed by atoms with Crippen molar-refractivity contribution in [3.8, 4) is 11.4 Å². The van der Waals surface area contributed by atoms with Gasteiger partial charge in [0.15, 0.2) is 22.7 Å². The number of rotatable bonds is 5. The first-order valence-corrected chi connectivity index (χ1v) is 9.24. The maximum Gasteiger partial charge on any atom is 0.402 e. The molecule has 1 aliphatic carbocycles. The second-order valence-corrected chi connectivity index (χ2v) is 6.42. The topological polar surface area (TPSA) is 141 Å². The van der Waals surface area contributed by atoms with Gasteiger partial charge in [0.2, 0.25) is 5.95 Å². The van der Waals surface area contributed by atoms with Crippen molar-refractivity contribution >= 4 is 23.2 Å². The normalized spacial score (nSPS) is 13.7. The summed E-state index contributed by atoms with van der Waals surface area (Å²) in [7, 11) is 0. The molecule has 2 heterocycles. The number of nitrogens with zero attached hydrogens (tertiary/aromatic N) is 5. The van der Waals surface area contributed by atoms with E-state index in [-0.39, 0.29) is 5.75 Å². The Morgan fingerprint density at radius 3 is 2.79 bits per heavy atom. The van der Waals surface area contributed by atoms with Gasteiger partial charge in [0.25, 0.3) is 0 Å². The molecule has 0 unspecified atom stereocenters. The van der Waals surface area contributed by atoms with Crippen molar-refractivity contribution in [1.29, 1.82) is 0 Å². The van der Waals surface area contributed by atoms with Crippen LogP contribution in [0.5, 0.6) is 5.75 Å². The van der Waals surface area contributed by atoms with Gasteiger partial charge in [-0.3, -0.25) is 0 Å². The lowest BCUT2D eigenvalue weighted by Gasteiger charge is -2.11. The van der Waals surface area contributed by atoms with Crippen LogP contribution in [0, 0.1) is 5.82 Å². The average molecular weight is 403 g/mol. The molecule has 0 spiro atoms. The van der Waals surface area contributed by atoms with Crippen LogP contribution in [0.1, 0.15) is 32.6 Å². The fourth-order valence-corrected chi connectivity index (χ4v) is 3.12. The van der Waals surface area contributed by atoms with Crippen molar-refractivity contribution in [3.05, 3.63) is 30.2 Å². The van der Waals surface area contributed by atoms with Crippen LogP contribution in [0.4, 0.5) is 15.1 Å². The van der Waals surface area contributed by atoms with Crippen LogP contribution in [0.25, 0.3) is 16.9 Å². The molecule has 0 radical (unpaired) electrons. The van der Waals surface area contributed by atoms with Crippen molar-refractivity contribution < 1.29 is 19.0 Å². The van der Waals surface area contributed by atoms with Gasteiger partial charge in [-0.25, -0.2) is 14.2 Å².